The van der Waals surface area contributed by atoms with Gasteiger partial charge in [0.2, 0.25) is 5.91 Å². The van der Waals surface area contributed by atoms with Crippen molar-refractivity contribution >= 4 is 40.5 Å². The summed E-state index contributed by atoms with van der Waals surface area (Å²) in [4.78, 5) is 25.3. The third-order valence-corrected chi connectivity index (χ3v) is 5.63. The van der Waals surface area contributed by atoms with Crippen molar-refractivity contribution in [1.29, 1.82) is 0 Å². The van der Waals surface area contributed by atoms with Gasteiger partial charge in [0.15, 0.2) is 0 Å². The molecule has 3 N–H and O–H groups in total. The molecule has 3 aromatic carbocycles. The molecule has 6 heteroatoms. The minimum atomic E-state index is -0.629. The van der Waals surface area contributed by atoms with Crippen LogP contribution in [-0.4, -0.2) is 11.8 Å². The van der Waals surface area contributed by atoms with Gasteiger partial charge in [-0.2, -0.15) is 0 Å². The largest absolute Gasteiger partial charge is 0.370 e. The van der Waals surface area contributed by atoms with Crippen molar-refractivity contribution in [2.75, 3.05) is 16.0 Å². The molecule has 0 radical (unpaired) electrons. The maximum atomic E-state index is 13.2. The van der Waals surface area contributed by atoms with E-state index in [-0.39, 0.29) is 17.7 Å². The molecule has 0 aromatic heterocycles. The standard InChI is InChI=1S/C25H24ClN3O2/c1-16-10-13-21(15-22(16)26)29-25(31)23(17-6-3-2-4-7-17)27-19-8-5-9-20(14-19)28-24(30)18-11-12-18/h2-10,13-15,18,23,27H,11-12H2,1H3,(H,28,30)(H,29,31). The molecule has 0 aliphatic heterocycles. The number of carbonyl (C=O) groups is 2. The lowest BCUT2D eigenvalue weighted by Crippen LogP contribution is -2.27. The molecule has 2 amide bonds. The summed E-state index contributed by atoms with van der Waals surface area (Å²) in [6.07, 6.45) is 1.89. The Hall–Kier alpha value is -3.31. The van der Waals surface area contributed by atoms with Crippen LogP contribution in [0.4, 0.5) is 17.1 Å². The molecule has 0 bridgehead atoms. The van der Waals surface area contributed by atoms with E-state index in [9.17, 15) is 9.59 Å². The lowest BCUT2D eigenvalue weighted by atomic mass is 10.1. The quantitative estimate of drug-likeness (QED) is 0.441. The summed E-state index contributed by atoms with van der Waals surface area (Å²) < 4.78 is 0. The average molecular weight is 434 g/mol. The lowest BCUT2D eigenvalue weighted by Gasteiger charge is -2.21. The first-order valence-electron chi connectivity index (χ1n) is 10.3. The minimum absolute atomic E-state index is 0.0470. The molecular weight excluding hydrogens is 410 g/mol. The van der Waals surface area contributed by atoms with Gasteiger partial charge in [0, 0.05) is 28.0 Å². The van der Waals surface area contributed by atoms with Gasteiger partial charge in [-0.15, -0.1) is 0 Å². The molecule has 4 rings (SSSR count). The fourth-order valence-electron chi connectivity index (χ4n) is 3.27. The highest BCUT2D eigenvalue weighted by atomic mass is 35.5. The van der Waals surface area contributed by atoms with Crippen LogP contribution in [-0.2, 0) is 9.59 Å². The van der Waals surface area contributed by atoms with Gasteiger partial charge in [-0.05, 0) is 61.2 Å². The van der Waals surface area contributed by atoms with Crippen LogP contribution >= 0.6 is 11.6 Å². The molecule has 3 aromatic rings. The molecule has 5 nitrogen and oxygen atoms in total. The number of hydrogen-bond donors (Lipinski definition) is 3. The van der Waals surface area contributed by atoms with Gasteiger partial charge in [0.1, 0.15) is 6.04 Å². The van der Waals surface area contributed by atoms with E-state index in [0.717, 1.165) is 29.7 Å². The number of benzene rings is 3. The van der Waals surface area contributed by atoms with Crippen LogP contribution < -0.4 is 16.0 Å². The summed E-state index contributed by atoms with van der Waals surface area (Å²) in [5.41, 5.74) is 3.85. The predicted molar refractivity (Wildman–Crippen MR) is 125 cm³/mol. The van der Waals surface area contributed by atoms with E-state index in [1.807, 2.05) is 73.7 Å². The number of anilines is 3. The van der Waals surface area contributed by atoms with Crippen molar-refractivity contribution in [3.05, 3.63) is 88.9 Å². The molecule has 1 aliphatic rings. The second-order valence-electron chi connectivity index (χ2n) is 7.79. The Kier molecular flexibility index (Phi) is 6.23. The molecule has 0 saturated heterocycles. The van der Waals surface area contributed by atoms with E-state index in [2.05, 4.69) is 16.0 Å². The predicted octanol–water partition coefficient (Wildman–Crippen LogP) is 5.79. The number of nitrogens with one attached hydrogen (secondary N) is 3. The topological polar surface area (TPSA) is 70.2 Å². The molecule has 1 unspecified atom stereocenters. The van der Waals surface area contributed by atoms with E-state index in [4.69, 9.17) is 11.6 Å². The van der Waals surface area contributed by atoms with Gasteiger partial charge in [-0.25, -0.2) is 0 Å². The summed E-state index contributed by atoms with van der Waals surface area (Å²) in [6.45, 7) is 1.91. The lowest BCUT2D eigenvalue weighted by molar-refractivity contribution is -0.118. The zero-order chi connectivity index (χ0) is 21.8. The molecule has 1 saturated carbocycles. The second kappa shape index (κ2) is 9.23. The highest BCUT2D eigenvalue weighted by Crippen LogP contribution is 2.31. The molecule has 1 fully saturated rings. The SMILES string of the molecule is Cc1ccc(NC(=O)C(Nc2cccc(NC(=O)C3CC3)c2)c2ccccc2)cc1Cl. The smallest absolute Gasteiger partial charge is 0.251 e. The summed E-state index contributed by atoms with van der Waals surface area (Å²) in [6, 6.07) is 21.7. The number of amides is 2. The van der Waals surface area contributed by atoms with Gasteiger partial charge in [-0.3, -0.25) is 9.59 Å². The van der Waals surface area contributed by atoms with Crippen LogP contribution in [0.25, 0.3) is 0 Å². The number of rotatable bonds is 7. The average Bonchev–Trinajstić information content (AvgIpc) is 3.61. The van der Waals surface area contributed by atoms with Crippen molar-refractivity contribution in [3.63, 3.8) is 0 Å². The third kappa shape index (κ3) is 5.44. The van der Waals surface area contributed by atoms with Crippen LogP contribution in [0.1, 0.15) is 30.0 Å². The molecule has 31 heavy (non-hydrogen) atoms. The van der Waals surface area contributed by atoms with Gasteiger partial charge in [-0.1, -0.05) is 54.1 Å². The molecule has 158 valence electrons. The highest BCUT2D eigenvalue weighted by molar-refractivity contribution is 6.31. The zero-order valence-corrected chi connectivity index (χ0v) is 17.9. The number of hydrogen-bond acceptors (Lipinski definition) is 3. The summed E-state index contributed by atoms with van der Waals surface area (Å²) in [7, 11) is 0. The van der Waals surface area contributed by atoms with E-state index >= 15 is 0 Å². The molecule has 0 spiro atoms. The summed E-state index contributed by atoms with van der Waals surface area (Å²) in [5, 5.41) is 9.79. The van der Waals surface area contributed by atoms with E-state index < -0.39 is 6.04 Å². The van der Waals surface area contributed by atoms with Crippen molar-refractivity contribution in [3.8, 4) is 0 Å². The van der Waals surface area contributed by atoms with Crippen LogP contribution in [0, 0.1) is 12.8 Å². The normalized spacial score (nSPS) is 13.9. The number of aryl methyl sites for hydroxylation is 1. The van der Waals surface area contributed by atoms with Crippen LogP contribution in [0.3, 0.4) is 0 Å². The zero-order valence-electron chi connectivity index (χ0n) is 17.2. The number of carbonyl (C=O) groups excluding carboxylic acids is 2. The van der Waals surface area contributed by atoms with Crippen molar-refractivity contribution < 1.29 is 9.59 Å². The molecule has 0 heterocycles. The molecule has 1 atom stereocenters. The van der Waals surface area contributed by atoms with Crippen molar-refractivity contribution in [1.82, 2.24) is 0 Å². The Morgan fingerprint density at radius 1 is 0.871 bits per heavy atom. The Bertz CT molecular complexity index is 1100. The number of halogens is 1. The van der Waals surface area contributed by atoms with Crippen LogP contribution in [0.15, 0.2) is 72.8 Å². The first-order chi connectivity index (χ1) is 15.0. The van der Waals surface area contributed by atoms with E-state index in [1.54, 1.807) is 6.07 Å². The van der Waals surface area contributed by atoms with Crippen LogP contribution in [0.5, 0.6) is 0 Å². The van der Waals surface area contributed by atoms with Gasteiger partial charge >= 0.3 is 0 Å². The summed E-state index contributed by atoms with van der Waals surface area (Å²) in [5.74, 6) is -0.0370. The third-order valence-electron chi connectivity index (χ3n) is 5.22. The molecular formula is C25H24ClN3O2. The Morgan fingerprint density at radius 3 is 2.29 bits per heavy atom. The Labute approximate surface area is 186 Å². The fraction of sp³-hybridized carbons (Fsp3) is 0.200. The summed E-state index contributed by atoms with van der Waals surface area (Å²) >= 11 is 6.21. The van der Waals surface area contributed by atoms with Crippen molar-refractivity contribution in [2.24, 2.45) is 5.92 Å². The maximum absolute atomic E-state index is 13.2. The van der Waals surface area contributed by atoms with E-state index in [1.165, 1.54) is 0 Å². The fourth-order valence-corrected chi connectivity index (χ4v) is 3.45. The van der Waals surface area contributed by atoms with Crippen LogP contribution in [0.2, 0.25) is 5.02 Å². The molecule has 1 aliphatic carbocycles. The van der Waals surface area contributed by atoms with Gasteiger partial charge in [0.05, 0.1) is 0 Å². The minimum Gasteiger partial charge on any atom is -0.370 e. The first-order valence-corrected chi connectivity index (χ1v) is 10.7. The first kappa shape index (κ1) is 20.9. The Morgan fingerprint density at radius 2 is 1.58 bits per heavy atom. The van der Waals surface area contributed by atoms with E-state index in [0.29, 0.717) is 16.4 Å². The second-order valence-corrected chi connectivity index (χ2v) is 8.19. The Balaban J connectivity index is 1.54. The van der Waals surface area contributed by atoms with Gasteiger partial charge < -0.3 is 16.0 Å². The van der Waals surface area contributed by atoms with Crippen molar-refractivity contribution in [2.45, 2.75) is 25.8 Å². The highest BCUT2D eigenvalue weighted by Gasteiger charge is 2.29. The maximum Gasteiger partial charge on any atom is 0.251 e. The van der Waals surface area contributed by atoms with Gasteiger partial charge in [0.25, 0.3) is 5.91 Å². The monoisotopic (exact) mass is 433 g/mol.